The van der Waals surface area contributed by atoms with E-state index in [1.165, 1.54) is 6.08 Å². The van der Waals surface area contributed by atoms with Crippen LogP contribution in [0.1, 0.15) is 32.6 Å². The van der Waals surface area contributed by atoms with Crippen LogP contribution in [0.4, 0.5) is 4.39 Å². The minimum Gasteiger partial charge on any atom is -0.212 e. The summed E-state index contributed by atoms with van der Waals surface area (Å²) in [5.41, 5.74) is 0. The summed E-state index contributed by atoms with van der Waals surface area (Å²) in [5.74, 6) is 0.00376. The molecule has 0 aromatic carbocycles. The monoisotopic (exact) mass is 142 g/mol. The zero-order valence-corrected chi connectivity index (χ0v) is 6.57. The molecule has 0 aromatic rings. The number of halogens is 1. The van der Waals surface area contributed by atoms with Gasteiger partial charge in [-0.15, -0.1) is 6.58 Å². The molecule has 0 fully saturated rings. The molecule has 0 bridgehead atoms. The molecule has 0 N–H and O–H groups in total. The molecule has 0 aliphatic heterocycles. The van der Waals surface area contributed by atoms with Gasteiger partial charge in [-0.25, -0.2) is 4.39 Å². The molecule has 58 valence electrons. The van der Waals surface area contributed by atoms with Gasteiger partial charge in [0.2, 0.25) is 0 Å². The second-order valence-corrected chi connectivity index (χ2v) is 2.27. The lowest BCUT2D eigenvalue weighted by Crippen LogP contribution is -1.76. The summed E-state index contributed by atoms with van der Waals surface area (Å²) in [7, 11) is 0. The SMILES string of the molecule is C=CCCCC/C(F)=C\C. The Hall–Kier alpha value is -0.590. The fourth-order valence-corrected chi connectivity index (χ4v) is 0.727. The Labute approximate surface area is 62.4 Å². The van der Waals surface area contributed by atoms with E-state index in [0.717, 1.165) is 19.3 Å². The van der Waals surface area contributed by atoms with E-state index in [1.54, 1.807) is 6.92 Å². The predicted octanol–water partition coefficient (Wildman–Crippen LogP) is 3.61. The molecular formula is C9H15F. The van der Waals surface area contributed by atoms with Crippen molar-refractivity contribution in [3.63, 3.8) is 0 Å². The molecule has 0 radical (unpaired) electrons. The Morgan fingerprint density at radius 2 is 2.20 bits per heavy atom. The van der Waals surface area contributed by atoms with Crippen LogP contribution >= 0.6 is 0 Å². The maximum absolute atomic E-state index is 12.4. The Morgan fingerprint density at radius 1 is 1.50 bits per heavy atom. The van der Waals surface area contributed by atoms with Crippen molar-refractivity contribution in [1.82, 2.24) is 0 Å². The minimum absolute atomic E-state index is 0.00376. The first-order valence-electron chi connectivity index (χ1n) is 3.73. The number of unbranched alkanes of at least 4 members (excludes halogenated alkanes) is 2. The molecule has 0 atom stereocenters. The fraction of sp³-hybridized carbons (Fsp3) is 0.556. The smallest absolute Gasteiger partial charge is 0.0957 e. The molecule has 0 unspecified atom stereocenters. The van der Waals surface area contributed by atoms with Crippen molar-refractivity contribution in [2.24, 2.45) is 0 Å². The van der Waals surface area contributed by atoms with E-state index in [4.69, 9.17) is 0 Å². The van der Waals surface area contributed by atoms with Crippen molar-refractivity contribution < 1.29 is 4.39 Å². The molecule has 0 aromatic heterocycles. The summed E-state index contributed by atoms with van der Waals surface area (Å²) >= 11 is 0. The third-order valence-corrected chi connectivity index (χ3v) is 1.39. The Morgan fingerprint density at radius 3 is 2.70 bits per heavy atom. The van der Waals surface area contributed by atoms with Gasteiger partial charge in [-0.1, -0.05) is 12.2 Å². The van der Waals surface area contributed by atoms with Crippen molar-refractivity contribution in [2.45, 2.75) is 32.6 Å². The van der Waals surface area contributed by atoms with Crippen molar-refractivity contribution in [3.05, 3.63) is 24.6 Å². The summed E-state index contributed by atoms with van der Waals surface area (Å²) in [4.78, 5) is 0. The van der Waals surface area contributed by atoms with E-state index in [0.29, 0.717) is 6.42 Å². The summed E-state index contributed by atoms with van der Waals surface area (Å²) in [6.45, 7) is 5.31. The number of hydrogen-bond acceptors (Lipinski definition) is 0. The topological polar surface area (TPSA) is 0 Å². The first-order chi connectivity index (χ1) is 4.81. The third-order valence-electron chi connectivity index (χ3n) is 1.39. The average Bonchev–Trinajstić information content (AvgIpc) is 1.98. The highest BCUT2D eigenvalue weighted by molar-refractivity contribution is 4.87. The quantitative estimate of drug-likeness (QED) is 0.406. The first kappa shape index (κ1) is 9.41. The molecule has 0 rings (SSSR count). The van der Waals surface area contributed by atoms with Gasteiger partial charge in [-0.2, -0.15) is 0 Å². The normalized spacial score (nSPS) is 11.6. The van der Waals surface area contributed by atoms with Crippen LogP contribution in [0.5, 0.6) is 0 Å². The highest BCUT2D eigenvalue weighted by Gasteiger charge is 1.91. The van der Waals surface area contributed by atoms with Gasteiger partial charge in [0.25, 0.3) is 0 Å². The number of hydrogen-bond donors (Lipinski definition) is 0. The predicted molar refractivity (Wildman–Crippen MR) is 43.5 cm³/mol. The molecular weight excluding hydrogens is 127 g/mol. The Kier molecular flexibility index (Phi) is 6.14. The molecule has 0 aliphatic rings. The molecule has 0 nitrogen and oxygen atoms in total. The van der Waals surface area contributed by atoms with Gasteiger partial charge in [0.15, 0.2) is 0 Å². The van der Waals surface area contributed by atoms with Crippen LogP contribution in [0.15, 0.2) is 24.6 Å². The van der Waals surface area contributed by atoms with Crippen molar-refractivity contribution in [2.75, 3.05) is 0 Å². The van der Waals surface area contributed by atoms with Crippen LogP contribution in [-0.2, 0) is 0 Å². The standard InChI is InChI=1S/C9H15F/c1-3-5-6-7-8-9(10)4-2/h3-4H,1,5-8H2,2H3/b9-4+. The fourth-order valence-electron chi connectivity index (χ4n) is 0.727. The van der Waals surface area contributed by atoms with Crippen LogP contribution in [-0.4, -0.2) is 0 Å². The summed E-state index contributed by atoms with van der Waals surface area (Å²) in [5, 5.41) is 0. The molecule has 0 saturated carbocycles. The largest absolute Gasteiger partial charge is 0.212 e. The second-order valence-electron chi connectivity index (χ2n) is 2.27. The first-order valence-corrected chi connectivity index (χ1v) is 3.73. The summed E-state index contributed by atoms with van der Waals surface area (Å²) < 4.78 is 12.4. The van der Waals surface area contributed by atoms with Gasteiger partial charge in [0.1, 0.15) is 0 Å². The van der Waals surface area contributed by atoms with Crippen LogP contribution in [0.3, 0.4) is 0 Å². The second kappa shape index (κ2) is 6.53. The molecule has 0 saturated heterocycles. The van der Waals surface area contributed by atoms with Gasteiger partial charge in [0, 0.05) is 0 Å². The van der Waals surface area contributed by atoms with E-state index < -0.39 is 0 Å². The molecule has 0 amide bonds. The highest BCUT2D eigenvalue weighted by atomic mass is 19.1. The molecule has 0 aliphatic carbocycles. The Bertz CT molecular complexity index is 114. The highest BCUT2D eigenvalue weighted by Crippen LogP contribution is 2.09. The lowest BCUT2D eigenvalue weighted by molar-refractivity contribution is 0.562. The maximum atomic E-state index is 12.4. The van der Waals surface area contributed by atoms with Crippen molar-refractivity contribution in [1.29, 1.82) is 0 Å². The van der Waals surface area contributed by atoms with Gasteiger partial charge >= 0.3 is 0 Å². The van der Waals surface area contributed by atoms with Gasteiger partial charge in [-0.05, 0) is 32.6 Å². The van der Waals surface area contributed by atoms with Crippen LogP contribution in [0.2, 0.25) is 0 Å². The lowest BCUT2D eigenvalue weighted by Gasteiger charge is -1.94. The number of rotatable bonds is 5. The molecule has 10 heavy (non-hydrogen) atoms. The molecule has 1 heteroatoms. The summed E-state index contributed by atoms with van der Waals surface area (Å²) in [6.07, 6.45) is 6.95. The van der Waals surface area contributed by atoms with Gasteiger partial charge in [0.05, 0.1) is 5.83 Å². The van der Waals surface area contributed by atoms with E-state index in [1.807, 2.05) is 6.08 Å². The minimum atomic E-state index is 0.00376. The van der Waals surface area contributed by atoms with Gasteiger partial charge < -0.3 is 0 Å². The lowest BCUT2D eigenvalue weighted by atomic mass is 10.2. The third kappa shape index (κ3) is 5.54. The zero-order chi connectivity index (χ0) is 7.82. The zero-order valence-electron chi connectivity index (χ0n) is 6.57. The van der Waals surface area contributed by atoms with E-state index in [-0.39, 0.29) is 5.83 Å². The Balaban J connectivity index is 3.11. The average molecular weight is 142 g/mol. The van der Waals surface area contributed by atoms with Crippen molar-refractivity contribution >= 4 is 0 Å². The van der Waals surface area contributed by atoms with Crippen LogP contribution in [0, 0.1) is 0 Å². The van der Waals surface area contributed by atoms with E-state index >= 15 is 0 Å². The molecule has 0 spiro atoms. The van der Waals surface area contributed by atoms with Crippen LogP contribution < -0.4 is 0 Å². The van der Waals surface area contributed by atoms with E-state index in [9.17, 15) is 4.39 Å². The van der Waals surface area contributed by atoms with E-state index in [2.05, 4.69) is 6.58 Å². The van der Waals surface area contributed by atoms with Crippen LogP contribution in [0.25, 0.3) is 0 Å². The molecule has 0 heterocycles. The summed E-state index contributed by atoms with van der Waals surface area (Å²) in [6, 6.07) is 0. The maximum Gasteiger partial charge on any atom is 0.0957 e. The van der Waals surface area contributed by atoms with Gasteiger partial charge in [-0.3, -0.25) is 0 Å². The number of allylic oxidation sites excluding steroid dienone is 3. The van der Waals surface area contributed by atoms with Crippen molar-refractivity contribution in [3.8, 4) is 0 Å².